The normalized spacial score (nSPS) is 17.7. The van der Waals surface area contributed by atoms with Gasteiger partial charge in [-0.25, -0.2) is 22.0 Å². The number of nitrogens with one attached hydrogen (secondary N) is 1. The lowest BCUT2D eigenvalue weighted by Gasteiger charge is -2.21. The summed E-state index contributed by atoms with van der Waals surface area (Å²) in [5.74, 6) is -2.02. The summed E-state index contributed by atoms with van der Waals surface area (Å²) >= 11 is 5.58. The van der Waals surface area contributed by atoms with E-state index in [0.29, 0.717) is 13.0 Å². The number of aromatic amines is 1. The zero-order chi connectivity index (χ0) is 20.9. The first kappa shape index (κ1) is 19.9. The van der Waals surface area contributed by atoms with E-state index < -0.39 is 43.4 Å². The molecule has 3 aromatic rings. The Labute approximate surface area is 168 Å². The maximum atomic E-state index is 14.1. The molecule has 1 aliphatic rings. The third-order valence-electron chi connectivity index (χ3n) is 4.61. The molecule has 0 spiro atoms. The lowest BCUT2D eigenvalue weighted by molar-refractivity contribution is 0.0125. The number of hydrogen-bond donors (Lipinski definition) is 1. The molecule has 1 saturated heterocycles. The molecule has 4 rings (SSSR count). The Morgan fingerprint density at radius 2 is 1.97 bits per heavy atom. The van der Waals surface area contributed by atoms with Gasteiger partial charge in [0.2, 0.25) is 15.0 Å². The molecule has 0 radical (unpaired) electrons. The highest BCUT2D eigenvalue weighted by molar-refractivity contribution is 7.90. The van der Waals surface area contributed by atoms with Crippen LogP contribution in [0.3, 0.4) is 0 Å². The molecule has 1 N–H and O–H groups in total. The first-order valence-electron chi connectivity index (χ1n) is 8.66. The zero-order valence-electron chi connectivity index (χ0n) is 15.1. The Morgan fingerprint density at radius 3 is 2.55 bits per heavy atom. The minimum Gasteiger partial charge on any atom is -0.372 e. The molecule has 12 heteroatoms. The van der Waals surface area contributed by atoms with Gasteiger partial charge in [0.25, 0.3) is 0 Å². The average Bonchev–Trinajstić information content (AvgIpc) is 3.06. The van der Waals surface area contributed by atoms with Gasteiger partial charge in [-0.15, -0.1) is 0 Å². The van der Waals surface area contributed by atoms with Crippen LogP contribution in [0.2, 0.25) is 5.02 Å². The molecule has 0 aliphatic carbocycles. The molecule has 1 fully saturated rings. The second kappa shape index (κ2) is 7.15. The molecule has 0 bridgehead atoms. The lowest BCUT2D eigenvalue weighted by Crippen LogP contribution is -2.22. The number of aromatic nitrogens is 4. The smallest absolute Gasteiger partial charge is 0.350 e. The number of sulfone groups is 1. The minimum absolute atomic E-state index is 0.0149. The summed E-state index contributed by atoms with van der Waals surface area (Å²) in [5.41, 5.74) is -0.633. The van der Waals surface area contributed by atoms with E-state index in [9.17, 15) is 22.0 Å². The van der Waals surface area contributed by atoms with Gasteiger partial charge in [-0.2, -0.15) is 14.6 Å². The first-order chi connectivity index (χ1) is 13.7. The topological polar surface area (TPSA) is 106 Å². The third-order valence-corrected chi connectivity index (χ3v) is 5.87. The van der Waals surface area contributed by atoms with E-state index in [1.54, 1.807) is 0 Å². The Morgan fingerprint density at radius 1 is 1.28 bits per heavy atom. The van der Waals surface area contributed by atoms with Crippen LogP contribution in [0.1, 0.15) is 31.1 Å². The molecule has 1 atom stereocenters. The number of rotatable bonds is 3. The van der Waals surface area contributed by atoms with Crippen LogP contribution < -0.4 is 5.69 Å². The highest BCUT2D eigenvalue weighted by atomic mass is 35.5. The Bertz CT molecular complexity index is 1260. The van der Waals surface area contributed by atoms with Gasteiger partial charge in [0.05, 0.1) is 5.56 Å². The van der Waals surface area contributed by atoms with E-state index in [1.807, 2.05) is 0 Å². The molecule has 8 nitrogen and oxygen atoms in total. The third kappa shape index (κ3) is 3.53. The predicted molar refractivity (Wildman–Crippen MR) is 99.6 cm³/mol. The first-order valence-corrected chi connectivity index (χ1v) is 10.9. The Balaban J connectivity index is 2.08. The summed E-state index contributed by atoms with van der Waals surface area (Å²) in [4.78, 5) is 18.6. The zero-order valence-corrected chi connectivity index (χ0v) is 16.6. The molecule has 154 valence electrons. The van der Waals surface area contributed by atoms with Crippen LogP contribution >= 0.6 is 11.6 Å². The Kier molecular flexibility index (Phi) is 4.91. The van der Waals surface area contributed by atoms with E-state index >= 15 is 0 Å². The van der Waals surface area contributed by atoms with Gasteiger partial charge in [0.15, 0.2) is 5.65 Å². The Hall–Kier alpha value is -2.37. The largest absolute Gasteiger partial charge is 0.372 e. The van der Waals surface area contributed by atoms with Crippen molar-refractivity contribution < 1.29 is 21.9 Å². The molecular formula is C17H15ClF2N4O4S. The fourth-order valence-electron chi connectivity index (χ4n) is 3.27. The summed E-state index contributed by atoms with van der Waals surface area (Å²) in [6, 6.07) is 1.97. The second-order valence-electron chi connectivity index (χ2n) is 6.72. The molecule has 0 amide bonds. The van der Waals surface area contributed by atoms with Crippen molar-refractivity contribution in [1.29, 1.82) is 0 Å². The van der Waals surface area contributed by atoms with Crippen LogP contribution in [0.4, 0.5) is 8.78 Å². The van der Waals surface area contributed by atoms with Gasteiger partial charge in [-0.1, -0.05) is 11.6 Å². The predicted octanol–water partition coefficient (Wildman–Crippen LogP) is 2.66. The van der Waals surface area contributed by atoms with Crippen molar-refractivity contribution in [3.05, 3.63) is 45.0 Å². The number of hydrogen-bond acceptors (Lipinski definition) is 6. The van der Waals surface area contributed by atoms with Gasteiger partial charge in [0, 0.05) is 12.9 Å². The van der Waals surface area contributed by atoms with Gasteiger partial charge in [-0.05, 0) is 37.0 Å². The van der Waals surface area contributed by atoms with Crippen molar-refractivity contribution >= 4 is 27.1 Å². The molecule has 2 aromatic heterocycles. The summed E-state index contributed by atoms with van der Waals surface area (Å²) in [7, 11) is -3.86. The lowest BCUT2D eigenvalue weighted by atomic mass is 9.98. The molecule has 3 heterocycles. The SMILES string of the molecule is CS(=O)(=O)c1nc2c(-c3cc(F)c(Cl)c(F)c3)c(C3CCCCO3)nn2c(=O)[nH]1. The van der Waals surface area contributed by atoms with Crippen molar-refractivity contribution in [2.24, 2.45) is 0 Å². The van der Waals surface area contributed by atoms with E-state index in [0.717, 1.165) is 35.7 Å². The fraction of sp³-hybridized carbons (Fsp3) is 0.353. The number of nitrogens with zero attached hydrogens (tertiary/aromatic N) is 3. The number of benzene rings is 1. The molecule has 1 unspecified atom stereocenters. The maximum absolute atomic E-state index is 14.1. The number of H-pyrrole nitrogens is 1. The van der Waals surface area contributed by atoms with Gasteiger partial charge < -0.3 is 4.74 Å². The molecular weight excluding hydrogens is 430 g/mol. The highest BCUT2D eigenvalue weighted by Gasteiger charge is 2.29. The fourth-order valence-corrected chi connectivity index (χ4v) is 3.91. The van der Waals surface area contributed by atoms with Crippen LogP contribution in [0.5, 0.6) is 0 Å². The van der Waals surface area contributed by atoms with Crippen molar-refractivity contribution in [3.8, 4) is 11.1 Å². The monoisotopic (exact) mass is 444 g/mol. The molecule has 0 saturated carbocycles. The minimum atomic E-state index is -3.86. The van der Waals surface area contributed by atoms with Gasteiger partial charge in [0.1, 0.15) is 28.5 Å². The highest BCUT2D eigenvalue weighted by Crippen LogP contribution is 2.38. The van der Waals surface area contributed by atoms with E-state index in [-0.39, 0.29) is 22.5 Å². The van der Waals surface area contributed by atoms with Crippen LogP contribution in [-0.4, -0.2) is 40.9 Å². The van der Waals surface area contributed by atoms with Crippen molar-refractivity contribution in [2.75, 3.05) is 12.9 Å². The van der Waals surface area contributed by atoms with Gasteiger partial charge >= 0.3 is 5.69 Å². The molecule has 29 heavy (non-hydrogen) atoms. The van der Waals surface area contributed by atoms with E-state index in [2.05, 4.69) is 15.1 Å². The number of ether oxygens (including phenoxy) is 1. The van der Waals surface area contributed by atoms with Crippen molar-refractivity contribution in [3.63, 3.8) is 0 Å². The van der Waals surface area contributed by atoms with Crippen LogP contribution in [0, 0.1) is 11.6 Å². The van der Waals surface area contributed by atoms with Gasteiger partial charge in [-0.3, -0.25) is 4.98 Å². The van der Waals surface area contributed by atoms with Crippen molar-refractivity contribution in [1.82, 2.24) is 19.6 Å². The van der Waals surface area contributed by atoms with Crippen LogP contribution in [-0.2, 0) is 14.6 Å². The standard InChI is InChI=1S/C17H15ClF2N4O4S/c1-29(26,27)16-21-15-12(8-6-9(19)13(18)10(20)7-8)14(11-4-2-3-5-28-11)23-24(15)17(25)22-16/h6-7,11H,2-5H2,1H3,(H,21,22,25). The maximum Gasteiger partial charge on any atom is 0.350 e. The molecule has 1 aromatic carbocycles. The van der Waals surface area contributed by atoms with E-state index in [4.69, 9.17) is 16.3 Å². The summed E-state index contributed by atoms with van der Waals surface area (Å²) in [5, 5.41) is 2.97. The van der Waals surface area contributed by atoms with Crippen LogP contribution in [0.25, 0.3) is 16.8 Å². The van der Waals surface area contributed by atoms with Crippen LogP contribution in [0.15, 0.2) is 22.1 Å². The summed E-state index contributed by atoms with van der Waals surface area (Å²) < 4.78 is 58.7. The van der Waals surface area contributed by atoms with E-state index in [1.165, 1.54) is 0 Å². The molecule has 1 aliphatic heterocycles. The second-order valence-corrected chi connectivity index (χ2v) is 9.03. The average molecular weight is 445 g/mol. The number of halogens is 3. The quantitative estimate of drug-likeness (QED) is 0.622. The van der Waals surface area contributed by atoms with Crippen molar-refractivity contribution in [2.45, 2.75) is 30.5 Å². The summed E-state index contributed by atoms with van der Waals surface area (Å²) in [6.45, 7) is 0.458. The summed E-state index contributed by atoms with van der Waals surface area (Å²) in [6.07, 6.45) is 2.60. The number of fused-ring (bicyclic) bond motifs is 1.